The Balaban J connectivity index is 4.12. The second-order valence-electron chi connectivity index (χ2n) is 3.30. The van der Waals surface area contributed by atoms with Crippen molar-refractivity contribution in [2.45, 2.75) is 24.9 Å². The average Bonchev–Trinajstić information content (AvgIpc) is 2.24. The number of ether oxygens (including phenoxy) is 1. The SMILES string of the molecule is COCCC(N)C(=O)N[C@@H](CCO)C(=O)O. The molecule has 0 rings (SSSR count). The van der Waals surface area contributed by atoms with Gasteiger partial charge in [-0.3, -0.25) is 4.79 Å². The summed E-state index contributed by atoms with van der Waals surface area (Å²) in [6.45, 7) is 0.0108. The van der Waals surface area contributed by atoms with Crippen molar-refractivity contribution in [1.82, 2.24) is 5.32 Å². The Morgan fingerprint density at radius 1 is 1.44 bits per heavy atom. The molecule has 1 unspecified atom stereocenters. The molecule has 16 heavy (non-hydrogen) atoms. The molecule has 0 aliphatic rings. The molecule has 0 heterocycles. The maximum Gasteiger partial charge on any atom is 0.326 e. The van der Waals surface area contributed by atoms with E-state index in [1.807, 2.05) is 0 Å². The number of nitrogens with one attached hydrogen (secondary N) is 1. The van der Waals surface area contributed by atoms with Gasteiger partial charge in [-0.15, -0.1) is 0 Å². The number of methoxy groups -OCH3 is 1. The second-order valence-corrected chi connectivity index (χ2v) is 3.30. The highest BCUT2D eigenvalue weighted by molar-refractivity contribution is 5.86. The van der Waals surface area contributed by atoms with Crippen LogP contribution in [0.2, 0.25) is 0 Å². The number of amides is 1. The Morgan fingerprint density at radius 2 is 2.06 bits per heavy atom. The van der Waals surface area contributed by atoms with Crippen molar-refractivity contribution in [3.8, 4) is 0 Å². The molecule has 2 atom stereocenters. The van der Waals surface area contributed by atoms with Gasteiger partial charge >= 0.3 is 5.97 Å². The lowest BCUT2D eigenvalue weighted by Crippen LogP contribution is -2.49. The molecule has 5 N–H and O–H groups in total. The van der Waals surface area contributed by atoms with Gasteiger partial charge in [0.25, 0.3) is 0 Å². The quantitative estimate of drug-likeness (QED) is 0.397. The molecule has 0 aromatic heterocycles. The number of carbonyl (C=O) groups excluding carboxylic acids is 1. The summed E-state index contributed by atoms with van der Waals surface area (Å²) in [5.41, 5.74) is 5.50. The van der Waals surface area contributed by atoms with E-state index in [0.29, 0.717) is 13.0 Å². The van der Waals surface area contributed by atoms with Crippen molar-refractivity contribution < 1.29 is 24.5 Å². The summed E-state index contributed by atoms with van der Waals surface area (Å²) in [6, 6.07) is -1.91. The number of aliphatic hydroxyl groups is 1. The zero-order valence-electron chi connectivity index (χ0n) is 9.18. The van der Waals surface area contributed by atoms with E-state index < -0.39 is 24.0 Å². The molecule has 0 bridgehead atoms. The first-order valence-corrected chi connectivity index (χ1v) is 4.91. The molecule has 7 nitrogen and oxygen atoms in total. The molecule has 94 valence electrons. The standard InChI is InChI=1S/C9H18N2O5/c1-16-5-3-6(10)8(13)11-7(2-4-12)9(14)15/h6-7,12H,2-5,10H2,1H3,(H,11,13)(H,14,15)/t6?,7-/m0/s1. The van der Waals surface area contributed by atoms with Gasteiger partial charge in [0.2, 0.25) is 5.91 Å². The zero-order chi connectivity index (χ0) is 12.6. The van der Waals surface area contributed by atoms with E-state index in [0.717, 1.165) is 0 Å². The minimum Gasteiger partial charge on any atom is -0.480 e. The highest BCUT2D eigenvalue weighted by atomic mass is 16.5. The van der Waals surface area contributed by atoms with Crippen LogP contribution < -0.4 is 11.1 Å². The lowest BCUT2D eigenvalue weighted by molar-refractivity contribution is -0.142. The van der Waals surface area contributed by atoms with Crippen molar-refractivity contribution in [3.63, 3.8) is 0 Å². The molecule has 0 aliphatic heterocycles. The van der Waals surface area contributed by atoms with Crippen LogP contribution >= 0.6 is 0 Å². The number of hydrogen-bond acceptors (Lipinski definition) is 5. The summed E-state index contributed by atoms with van der Waals surface area (Å²) in [4.78, 5) is 22.1. The van der Waals surface area contributed by atoms with Crippen LogP contribution in [-0.2, 0) is 14.3 Å². The van der Waals surface area contributed by atoms with Gasteiger partial charge in [-0.25, -0.2) is 4.79 Å². The maximum absolute atomic E-state index is 11.4. The molecule has 0 saturated carbocycles. The third kappa shape index (κ3) is 5.64. The van der Waals surface area contributed by atoms with E-state index in [1.165, 1.54) is 7.11 Å². The number of nitrogens with two attached hydrogens (primary N) is 1. The molecule has 0 spiro atoms. The van der Waals surface area contributed by atoms with Crippen molar-refractivity contribution >= 4 is 11.9 Å². The Bertz CT molecular complexity index is 234. The smallest absolute Gasteiger partial charge is 0.326 e. The van der Waals surface area contributed by atoms with Crippen LogP contribution in [0.3, 0.4) is 0 Å². The minimum atomic E-state index is -1.19. The van der Waals surface area contributed by atoms with Gasteiger partial charge in [-0.2, -0.15) is 0 Å². The summed E-state index contributed by atoms with van der Waals surface area (Å²) in [5.74, 6) is -1.75. The first-order valence-electron chi connectivity index (χ1n) is 4.91. The molecule has 7 heteroatoms. The molecule has 0 saturated heterocycles. The number of carbonyl (C=O) groups is 2. The van der Waals surface area contributed by atoms with Crippen molar-refractivity contribution in [3.05, 3.63) is 0 Å². The summed E-state index contributed by atoms with van der Waals surface area (Å²) < 4.78 is 4.75. The van der Waals surface area contributed by atoms with Crippen molar-refractivity contribution in [2.24, 2.45) is 5.73 Å². The fourth-order valence-corrected chi connectivity index (χ4v) is 1.04. The van der Waals surface area contributed by atoms with E-state index in [1.54, 1.807) is 0 Å². The van der Waals surface area contributed by atoms with Crippen LogP contribution in [0.1, 0.15) is 12.8 Å². The molecule has 0 aliphatic carbocycles. The van der Waals surface area contributed by atoms with Gasteiger partial charge in [-0.05, 0) is 6.42 Å². The summed E-state index contributed by atoms with van der Waals surface area (Å²) in [6.07, 6.45) is 0.270. The van der Waals surface area contributed by atoms with Gasteiger partial charge in [0.05, 0.1) is 6.04 Å². The second kappa shape index (κ2) is 8.03. The molecular formula is C9H18N2O5. The summed E-state index contributed by atoms with van der Waals surface area (Å²) in [5, 5.41) is 19.6. The molecular weight excluding hydrogens is 216 g/mol. The van der Waals surface area contributed by atoms with Gasteiger partial charge in [-0.1, -0.05) is 0 Å². The Kier molecular flexibility index (Phi) is 7.44. The molecule has 1 amide bonds. The first kappa shape index (κ1) is 14.8. The average molecular weight is 234 g/mol. The molecule has 0 radical (unpaired) electrons. The number of aliphatic hydroxyl groups excluding tert-OH is 1. The van der Waals surface area contributed by atoms with E-state index in [4.69, 9.17) is 20.7 Å². The van der Waals surface area contributed by atoms with Gasteiger partial charge in [0.1, 0.15) is 6.04 Å². The lowest BCUT2D eigenvalue weighted by atomic mass is 10.1. The topological polar surface area (TPSA) is 122 Å². The highest BCUT2D eigenvalue weighted by Gasteiger charge is 2.22. The van der Waals surface area contributed by atoms with Crippen LogP contribution in [0.5, 0.6) is 0 Å². The molecule has 0 fully saturated rings. The van der Waals surface area contributed by atoms with E-state index in [9.17, 15) is 9.59 Å². The molecule has 0 aromatic rings. The van der Waals surface area contributed by atoms with Gasteiger partial charge in [0.15, 0.2) is 0 Å². The normalized spacial score (nSPS) is 14.2. The third-order valence-electron chi connectivity index (χ3n) is 2.00. The Hall–Kier alpha value is -1.18. The predicted octanol–water partition coefficient (Wildman–Crippen LogP) is -1.70. The Morgan fingerprint density at radius 3 is 2.50 bits per heavy atom. The largest absolute Gasteiger partial charge is 0.480 e. The molecule has 0 aromatic carbocycles. The van der Waals surface area contributed by atoms with Crippen LogP contribution in [-0.4, -0.2) is 54.5 Å². The zero-order valence-corrected chi connectivity index (χ0v) is 9.18. The Labute approximate surface area is 93.6 Å². The van der Waals surface area contributed by atoms with Crippen LogP contribution in [0.25, 0.3) is 0 Å². The fraction of sp³-hybridized carbons (Fsp3) is 0.778. The maximum atomic E-state index is 11.4. The predicted molar refractivity (Wildman–Crippen MR) is 55.7 cm³/mol. The number of aliphatic carboxylic acids is 1. The highest BCUT2D eigenvalue weighted by Crippen LogP contribution is 1.95. The van der Waals surface area contributed by atoms with Gasteiger partial charge in [0, 0.05) is 26.7 Å². The summed E-state index contributed by atoms with van der Waals surface area (Å²) >= 11 is 0. The van der Waals surface area contributed by atoms with Crippen LogP contribution in [0.15, 0.2) is 0 Å². The number of hydrogen-bond donors (Lipinski definition) is 4. The number of carboxylic acid groups (broad SMARTS) is 1. The monoisotopic (exact) mass is 234 g/mol. The van der Waals surface area contributed by atoms with Crippen LogP contribution in [0, 0.1) is 0 Å². The first-order chi connectivity index (χ1) is 7.52. The van der Waals surface area contributed by atoms with Crippen molar-refractivity contribution in [1.29, 1.82) is 0 Å². The third-order valence-corrected chi connectivity index (χ3v) is 2.00. The minimum absolute atomic E-state index is 0.0436. The van der Waals surface area contributed by atoms with Crippen molar-refractivity contribution in [2.75, 3.05) is 20.3 Å². The lowest BCUT2D eigenvalue weighted by Gasteiger charge is -2.16. The van der Waals surface area contributed by atoms with E-state index in [2.05, 4.69) is 5.32 Å². The number of rotatable bonds is 8. The van der Waals surface area contributed by atoms with E-state index in [-0.39, 0.29) is 13.0 Å². The summed E-state index contributed by atoms with van der Waals surface area (Å²) in [7, 11) is 1.48. The van der Waals surface area contributed by atoms with Crippen LogP contribution in [0.4, 0.5) is 0 Å². The van der Waals surface area contributed by atoms with Gasteiger partial charge < -0.3 is 26.0 Å². The fourth-order valence-electron chi connectivity index (χ4n) is 1.04. The van der Waals surface area contributed by atoms with E-state index >= 15 is 0 Å². The number of carboxylic acids is 1.